The summed E-state index contributed by atoms with van der Waals surface area (Å²) >= 11 is 0. The highest BCUT2D eigenvalue weighted by molar-refractivity contribution is 7.90. The number of rotatable bonds is 6. The van der Waals surface area contributed by atoms with Crippen LogP contribution >= 0.6 is 0 Å². The average Bonchev–Trinajstić information content (AvgIpc) is 2.48. The van der Waals surface area contributed by atoms with Crippen molar-refractivity contribution >= 4 is 20.0 Å². The van der Waals surface area contributed by atoms with Crippen LogP contribution in [0.25, 0.3) is 0 Å². The van der Waals surface area contributed by atoms with Gasteiger partial charge < -0.3 is 5.32 Å². The first-order valence-corrected chi connectivity index (χ1v) is 10.2. The highest BCUT2D eigenvalue weighted by atomic mass is 32.2. The molecule has 0 radical (unpaired) electrons. The fraction of sp³-hybridized carbons (Fsp3) is 0.538. The molecule has 1 heterocycles. The van der Waals surface area contributed by atoms with E-state index in [1.54, 1.807) is 18.2 Å². The van der Waals surface area contributed by atoms with E-state index in [2.05, 4.69) is 10.0 Å². The van der Waals surface area contributed by atoms with Gasteiger partial charge in [0.05, 0.1) is 10.6 Å². The molecule has 1 saturated heterocycles. The molecule has 1 unspecified atom stereocenters. The molecule has 0 aliphatic carbocycles. The highest BCUT2D eigenvalue weighted by Gasteiger charge is 2.27. The Morgan fingerprint density at radius 1 is 1.23 bits per heavy atom. The number of piperazine rings is 1. The largest absolute Gasteiger partial charge is 0.312 e. The monoisotopic (exact) mass is 347 g/mol. The summed E-state index contributed by atoms with van der Waals surface area (Å²) in [6.45, 7) is 3.21. The number of benzene rings is 1. The van der Waals surface area contributed by atoms with E-state index in [1.165, 1.54) is 16.4 Å². The van der Waals surface area contributed by atoms with Gasteiger partial charge in [0.1, 0.15) is 0 Å². The van der Waals surface area contributed by atoms with E-state index in [0.717, 1.165) is 0 Å². The molecule has 0 saturated carbocycles. The van der Waals surface area contributed by atoms with Gasteiger partial charge in [-0.05, 0) is 19.1 Å². The smallest absolute Gasteiger partial charge is 0.240 e. The minimum absolute atomic E-state index is 0.101. The van der Waals surface area contributed by atoms with E-state index < -0.39 is 20.0 Å². The molecule has 2 N–H and O–H groups in total. The Balaban J connectivity index is 1.93. The molecule has 1 atom stereocenters. The van der Waals surface area contributed by atoms with Crippen molar-refractivity contribution in [3.8, 4) is 0 Å². The van der Waals surface area contributed by atoms with Gasteiger partial charge in [0.15, 0.2) is 0 Å². The molecule has 124 valence electrons. The quantitative estimate of drug-likeness (QED) is 0.729. The van der Waals surface area contributed by atoms with Crippen LogP contribution in [0.2, 0.25) is 0 Å². The highest BCUT2D eigenvalue weighted by Crippen LogP contribution is 2.08. The van der Waals surface area contributed by atoms with Crippen molar-refractivity contribution in [2.75, 3.05) is 31.9 Å². The van der Waals surface area contributed by atoms with Crippen LogP contribution < -0.4 is 10.0 Å². The number of hydrogen-bond acceptors (Lipinski definition) is 5. The molecular weight excluding hydrogens is 326 g/mol. The minimum Gasteiger partial charge on any atom is -0.312 e. The van der Waals surface area contributed by atoms with Crippen LogP contribution in [0, 0.1) is 0 Å². The Labute approximate surface area is 131 Å². The van der Waals surface area contributed by atoms with Crippen molar-refractivity contribution in [2.45, 2.75) is 17.9 Å². The summed E-state index contributed by atoms with van der Waals surface area (Å²) < 4.78 is 52.2. The van der Waals surface area contributed by atoms with E-state index in [4.69, 9.17) is 0 Å². The van der Waals surface area contributed by atoms with Gasteiger partial charge in [-0.3, -0.25) is 0 Å². The van der Waals surface area contributed by atoms with Crippen LogP contribution in [0.4, 0.5) is 0 Å². The average molecular weight is 347 g/mol. The topological polar surface area (TPSA) is 95.6 Å². The second-order valence-corrected chi connectivity index (χ2v) is 9.10. The van der Waals surface area contributed by atoms with Gasteiger partial charge in [-0.15, -0.1) is 0 Å². The van der Waals surface area contributed by atoms with Crippen molar-refractivity contribution in [1.82, 2.24) is 14.3 Å². The Bertz CT molecular complexity index is 689. The van der Waals surface area contributed by atoms with Gasteiger partial charge in [0, 0.05) is 32.2 Å². The van der Waals surface area contributed by atoms with Crippen molar-refractivity contribution < 1.29 is 16.8 Å². The zero-order chi connectivity index (χ0) is 16.2. The lowest BCUT2D eigenvalue weighted by atomic mass is 10.3. The maximum atomic E-state index is 12.2. The van der Waals surface area contributed by atoms with Crippen LogP contribution in [-0.4, -0.2) is 59.1 Å². The zero-order valence-electron chi connectivity index (χ0n) is 12.4. The van der Waals surface area contributed by atoms with E-state index in [9.17, 15) is 16.8 Å². The fourth-order valence-electron chi connectivity index (χ4n) is 2.27. The Hall–Kier alpha value is -1.00. The standard InChI is InChI=1S/C13H21N3O4S2/c1-12-11-16(9-7-14-12)21(17,18)10-8-15-22(19,20)13-5-3-2-4-6-13/h2-6,12,14-15H,7-11H2,1H3. The van der Waals surface area contributed by atoms with Crippen LogP contribution in [0.3, 0.4) is 0 Å². The molecule has 0 aromatic heterocycles. The van der Waals surface area contributed by atoms with Gasteiger partial charge >= 0.3 is 0 Å². The van der Waals surface area contributed by atoms with Crippen LogP contribution in [0.5, 0.6) is 0 Å². The number of sulfonamides is 2. The van der Waals surface area contributed by atoms with Gasteiger partial charge in [-0.2, -0.15) is 4.31 Å². The van der Waals surface area contributed by atoms with Crippen LogP contribution in [0.1, 0.15) is 6.92 Å². The normalized spacial score (nSPS) is 20.9. The summed E-state index contributed by atoms with van der Waals surface area (Å²) in [5.41, 5.74) is 0. The molecule has 2 rings (SSSR count). The lowest BCUT2D eigenvalue weighted by Crippen LogP contribution is -2.52. The predicted molar refractivity (Wildman–Crippen MR) is 84.5 cm³/mol. The zero-order valence-corrected chi connectivity index (χ0v) is 14.0. The van der Waals surface area contributed by atoms with Crippen LogP contribution in [0.15, 0.2) is 35.2 Å². The molecule has 0 amide bonds. The molecule has 1 aliphatic heterocycles. The molecule has 7 nitrogen and oxygen atoms in total. The summed E-state index contributed by atoms with van der Waals surface area (Å²) in [5, 5.41) is 3.17. The summed E-state index contributed by atoms with van der Waals surface area (Å²) in [4.78, 5) is 0.128. The number of nitrogens with one attached hydrogen (secondary N) is 2. The molecule has 1 aliphatic rings. The summed E-state index contributed by atoms with van der Waals surface area (Å²) in [7, 11) is -7.12. The van der Waals surface area contributed by atoms with Crippen molar-refractivity contribution in [3.63, 3.8) is 0 Å². The van der Waals surface area contributed by atoms with E-state index in [0.29, 0.717) is 19.6 Å². The maximum absolute atomic E-state index is 12.2. The van der Waals surface area contributed by atoms with Gasteiger partial charge in [-0.1, -0.05) is 18.2 Å². The van der Waals surface area contributed by atoms with Crippen molar-refractivity contribution in [2.24, 2.45) is 0 Å². The SMILES string of the molecule is CC1CN(S(=O)(=O)CCNS(=O)(=O)c2ccccc2)CCN1. The maximum Gasteiger partial charge on any atom is 0.240 e. The first kappa shape index (κ1) is 17.4. The first-order chi connectivity index (χ1) is 10.3. The van der Waals surface area contributed by atoms with E-state index in [-0.39, 0.29) is 23.2 Å². The molecule has 1 aromatic rings. The molecule has 1 fully saturated rings. The van der Waals surface area contributed by atoms with Gasteiger partial charge in [0.2, 0.25) is 20.0 Å². The van der Waals surface area contributed by atoms with Crippen LogP contribution in [-0.2, 0) is 20.0 Å². The van der Waals surface area contributed by atoms with Gasteiger partial charge in [-0.25, -0.2) is 21.6 Å². The minimum atomic E-state index is -3.67. The third-order valence-electron chi connectivity index (χ3n) is 3.43. The third-order valence-corrected chi connectivity index (χ3v) is 6.75. The predicted octanol–water partition coefficient (Wildman–Crippen LogP) is -0.412. The number of nitrogens with zero attached hydrogens (tertiary/aromatic N) is 1. The van der Waals surface area contributed by atoms with Crippen molar-refractivity contribution in [1.29, 1.82) is 0 Å². The summed E-state index contributed by atoms with van der Waals surface area (Å²) in [6.07, 6.45) is 0. The molecule has 22 heavy (non-hydrogen) atoms. The molecule has 1 aromatic carbocycles. The van der Waals surface area contributed by atoms with Gasteiger partial charge in [0.25, 0.3) is 0 Å². The molecular formula is C13H21N3O4S2. The first-order valence-electron chi connectivity index (χ1n) is 7.07. The Morgan fingerprint density at radius 3 is 2.55 bits per heavy atom. The number of hydrogen-bond donors (Lipinski definition) is 2. The third kappa shape index (κ3) is 4.50. The summed E-state index contributed by atoms with van der Waals surface area (Å²) in [6, 6.07) is 7.99. The molecule has 0 bridgehead atoms. The second kappa shape index (κ2) is 7.05. The van der Waals surface area contributed by atoms with E-state index in [1.807, 2.05) is 6.92 Å². The fourth-order valence-corrected chi connectivity index (χ4v) is 4.89. The Kier molecular flexibility index (Phi) is 5.56. The Morgan fingerprint density at radius 2 is 1.91 bits per heavy atom. The van der Waals surface area contributed by atoms with Crippen molar-refractivity contribution in [3.05, 3.63) is 30.3 Å². The lowest BCUT2D eigenvalue weighted by molar-refractivity contribution is 0.310. The lowest BCUT2D eigenvalue weighted by Gasteiger charge is -2.31. The summed E-state index contributed by atoms with van der Waals surface area (Å²) in [5.74, 6) is -0.244. The molecule has 0 spiro atoms. The second-order valence-electron chi connectivity index (χ2n) is 5.24. The van der Waals surface area contributed by atoms with E-state index >= 15 is 0 Å². The molecule has 9 heteroatoms.